The van der Waals surface area contributed by atoms with Crippen LogP contribution in [0.3, 0.4) is 0 Å². The zero-order valence-corrected chi connectivity index (χ0v) is 15.2. The number of amides is 2. The van der Waals surface area contributed by atoms with Gasteiger partial charge in [-0.3, -0.25) is 9.59 Å². The third kappa shape index (κ3) is 3.70. The van der Waals surface area contributed by atoms with Gasteiger partial charge in [-0.25, -0.2) is 0 Å². The summed E-state index contributed by atoms with van der Waals surface area (Å²) in [5.41, 5.74) is 6.59. The first-order valence-corrected chi connectivity index (χ1v) is 8.46. The van der Waals surface area contributed by atoms with Gasteiger partial charge in [-0.05, 0) is 31.0 Å². The molecule has 0 radical (unpaired) electrons. The summed E-state index contributed by atoms with van der Waals surface area (Å²) in [7, 11) is 0. The van der Waals surface area contributed by atoms with E-state index in [1.165, 1.54) is 0 Å². The molecule has 0 aromatic heterocycles. The Kier molecular flexibility index (Phi) is 6.06. The average Bonchev–Trinajstić information content (AvgIpc) is 3.12. The summed E-state index contributed by atoms with van der Waals surface area (Å²) >= 11 is 3.42. The number of carbonyl (C=O) groups is 2. The second-order valence-corrected chi connectivity index (χ2v) is 6.86. The maximum Gasteiger partial charge on any atom is 0.228 e. The first-order valence-electron chi connectivity index (χ1n) is 7.66. The third-order valence-corrected chi connectivity index (χ3v) is 5.02. The minimum absolute atomic E-state index is 0. The van der Waals surface area contributed by atoms with Gasteiger partial charge in [0.1, 0.15) is 0 Å². The monoisotopic (exact) mass is 401 g/mol. The molecule has 2 atom stereocenters. The number of halogens is 2. The molecule has 126 valence electrons. The molecular formula is C16H21BrClN3O2. The number of anilines is 1. The first kappa shape index (κ1) is 18.2. The molecule has 23 heavy (non-hydrogen) atoms. The van der Waals surface area contributed by atoms with Crippen LogP contribution >= 0.6 is 28.3 Å². The number of nitrogens with two attached hydrogens (primary N) is 1. The van der Waals surface area contributed by atoms with Crippen molar-refractivity contribution in [2.75, 3.05) is 24.5 Å². The zero-order valence-electron chi connectivity index (χ0n) is 12.8. The van der Waals surface area contributed by atoms with Crippen LogP contribution in [0.25, 0.3) is 0 Å². The van der Waals surface area contributed by atoms with Crippen molar-refractivity contribution in [2.24, 2.45) is 11.7 Å². The van der Waals surface area contributed by atoms with Crippen molar-refractivity contribution in [3.63, 3.8) is 0 Å². The Morgan fingerprint density at radius 1 is 1.39 bits per heavy atom. The zero-order chi connectivity index (χ0) is 15.7. The average molecular weight is 403 g/mol. The Balaban J connectivity index is 0.00000192. The van der Waals surface area contributed by atoms with Crippen LogP contribution in [0.15, 0.2) is 28.7 Å². The molecule has 2 heterocycles. The molecule has 2 N–H and O–H groups in total. The molecule has 3 rings (SSSR count). The molecule has 2 aliphatic heterocycles. The highest BCUT2D eigenvalue weighted by Gasteiger charge is 2.39. The van der Waals surface area contributed by atoms with Gasteiger partial charge in [0.15, 0.2) is 0 Å². The second-order valence-electron chi connectivity index (χ2n) is 5.95. The molecule has 2 unspecified atom stereocenters. The Morgan fingerprint density at radius 2 is 2.17 bits per heavy atom. The number of rotatable bonds is 3. The van der Waals surface area contributed by atoms with Crippen molar-refractivity contribution in [1.29, 1.82) is 0 Å². The molecule has 2 aliphatic rings. The van der Waals surface area contributed by atoms with Gasteiger partial charge in [0.2, 0.25) is 11.8 Å². The third-order valence-electron chi connectivity index (χ3n) is 4.53. The molecule has 2 saturated heterocycles. The molecule has 2 amide bonds. The highest BCUT2D eigenvalue weighted by Crippen LogP contribution is 2.29. The molecule has 5 nitrogen and oxygen atoms in total. The van der Waals surface area contributed by atoms with Crippen LogP contribution in [-0.4, -0.2) is 42.4 Å². The van der Waals surface area contributed by atoms with Crippen molar-refractivity contribution < 1.29 is 9.59 Å². The summed E-state index contributed by atoms with van der Waals surface area (Å²) in [6.45, 7) is 1.73. The number of benzene rings is 1. The number of nitrogens with zero attached hydrogens (tertiary/aromatic N) is 2. The maximum absolute atomic E-state index is 12.7. The van der Waals surface area contributed by atoms with E-state index in [1.54, 1.807) is 4.90 Å². The summed E-state index contributed by atoms with van der Waals surface area (Å²) in [6.07, 6.45) is 2.26. The van der Waals surface area contributed by atoms with Crippen molar-refractivity contribution in [2.45, 2.75) is 25.3 Å². The normalized spacial score (nSPS) is 24.0. The highest BCUT2D eigenvalue weighted by molar-refractivity contribution is 9.10. The van der Waals surface area contributed by atoms with E-state index in [0.29, 0.717) is 19.5 Å². The minimum Gasteiger partial charge on any atom is -0.338 e. The van der Waals surface area contributed by atoms with Crippen LogP contribution < -0.4 is 10.6 Å². The SMILES string of the molecule is Cl.NCC1CCCN1C(=O)C1CC(=O)N(c2cccc(Br)c2)C1. The van der Waals surface area contributed by atoms with Gasteiger partial charge in [-0.1, -0.05) is 22.0 Å². The van der Waals surface area contributed by atoms with Crippen LogP contribution in [0, 0.1) is 5.92 Å². The highest BCUT2D eigenvalue weighted by atomic mass is 79.9. The van der Waals surface area contributed by atoms with Gasteiger partial charge in [0.05, 0.1) is 5.92 Å². The van der Waals surface area contributed by atoms with E-state index in [2.05, 4.69) is 15.9 Å². The minimum atomic E-state index is -0.251. The topological polar surface area (TPSA) is 66.6 Å². The van der Waals surface area contributed by atoms with Gasteiger partial charge in [-0.15, -0.1) is 12.4 Å². The van der Waals surface area contributed by atoms with E-state index in [1.807, 2.05) is 29.2 Å². The molecule has 1 aromatic rings. The molecule has 1 aromatic carbocycles. The molecule has 7 heteroatoms. The lowest BCUT2D eigenvalue weighted by Gasteiger charge is -2.26. The summed E-state index contributed by atoms with van der Waals surface area (Å²) in [5.74, 6) is -0.155. The quantitative estimate of drug-likeness (QED) is 0.842. The van der Waals surface area contributed by atoms with Crippen molar-refractivity contribution in [1.82, 2.24) is 4.90 Å². The summed E-state index contributed by atoms with van der Waals surface area (Å²) < 4.78 is 0.926. The lowest BCUT2D eigenvalue weighted by atomic mass is 10.1. The fourth-order valence-corrected chi connectivity index (χ4v) is 3.76. The first-order chi connectivity index (χ1) is 10.6. The number of hydrogen-bond acceptors (Lipinski definition) is 3. The van der Waals surface area contributed by atoms with Gasteiger partial charge < -0.3 is 15.5 Å². The van der Waals surface area contributed by atoms with Crippen molar-refractivity contribution in [3.05, 3.63) is 28.7 Å². The molecule has 0 aliphatic carbocycles. The number of carbonyl (C=O) groups excluding carboxylic acids is 2. The van der Waals surface area contributed by atoms with E-state index >= 15 is 0 Å². The van der Waals surface area contributed by atoms with Gasteiger partial charge in [-0.2, -0.15) is 0 Å². The molecule has 0 spiro atoms. The van der Waals surface area contributed by atoms with Gasteiger partial charge in [0.25, 0.3) is 0 Å². The van der Waals surface area contributed by atoms with E-state index in [9.17, 15) is 9.59 Å². The summed E-state index contributed by atoms with van der Waals surface area (Å²) in [4.78, 5) is 28.6. The molecular weight excluding hydrogens is 382 g/mol. The molecule has 0 saturated carbocycles. The van der Waals surface area contributed by atoms with E-state index < -0.39 is 0 Å². The molecule has 2 fully saturated rings. The Hall–Kier alpha value is -1.11. The Bertz CT molecular complexity index is 598. The van der Waals surface area contributed by atoms with E-state index in [0.717, 1.165) is 29.5 Å². The van der Waals surface area contributed by atoms with Gasteiger partial charge >= 0.3 is 0 Å². The standard InChI is InChI=1S/C16H20BrN3O2.ClH/c17-12-3-1-4-13(8-12)20-10-11(7-15(20)21)16(22)19-6-2-5-14(19)9-18;/h1,3-4,8,11,14H,2,5-7,9-10,18H2;1H. The van der Waals surface area contributed by atoms with E-state index in [-0.39, 0.29) is 36.2 Å². The van der Waals surface area contributed by atoms with Crippen LogP contribution in [0.2, 0.25) is 0 Å². The number of likely N-dealkylation sites (tertiary alicyclic amines) is 1. The molecule has 0 bridgehead atoms. The second kappa shape index (κ2) is 7.64. The van der Waals surface area contributed by atoms with Crippen molar-refractivity contribution in [3.8, 4) is 0 Å². The Labute approximate surface area is 150 Å². The van der Waals surface area contributed by atoms with E-state index in [4.69, 9.17) is 5.73 Å². The lowest BCUT2D eigenvalue weighted by Crippen LogP contribution is -2.43. The largest absolute Gasteiger partial charge is 0.338 e. The maximum atomic E-state index is 12.7. The summed E-state index contributed by atoms with van der Waals surface area (Å²) in [6, 6.07) is 7.76. The van der Waals surface area contributed by atoms with Crippen LogP contribution in [-0.2, 0) is 9.59 Å². The van der Waals surface area contributed by atoms with Crippen molar-refractivity contribution >= 4 is 45.8 Å². The van der Waals surface area contributed by atoms with Crippen LogP contribution in [0.4, 0.5) is 5.69 Å². The predicted molar refractivity (Wildman–Crippen MR) is 95.6 cm³/mol. The van der Waals surface area contributed by atoms with Gasteiger partial charge in [0, 0.05) is 42.3 Å². The lowest BCUT2D eigenvalue weighted by molar-refractivity contribution is -0.136. The van der Waals surface area contributed by atoms with Crippen LogP contribution in [0.5, 0.6) is 0 Å². The van der Waals surface area contributed by atoms with Crippen LogP contribution in [0.1, 0.15) is 19.3 Å². The summed E-state index contributed by atoms with van der Waals surface area (Å²) in [5, 5.41) is 0. The predicted octanol–water partition coefficient (Wildman–Crippen LogP) is 2.17. The Morgan fingerprint density at radius 3 is 2.87 bits per heavy atom. The number of hydrogen-bond donors (Lipinski definition) is 1. The fourth-order valence-electron chi connectivity index (χ4n) is 3.37. The fraction of sp³-hybridized carbons (Fsp3) is 0.500. The smallest absolute Gasteiger partial charge is 0.228 e.